The van der Waals surface area contributed by atoms with Crippen LogP contribution in [0.5, 0.6) is 0 Å². The number of hydrogen-bond donors (Lipinski definition) is 0. The van der Waals surface area contributed by atoms with Crippen molar-refractivity contribution in [2.75, 3.05) is 6.26 Å². The summed E-state index contributed by atoms with van der Waals surface area (Å²) in [5.41, 5.74) is 4.86. The van der Waals surface area contributed by atoms with E-state index >= 15 is 0 Å². The van der Waals surface area contributed by atoms with E-state index in [1.807, 2.05) is 35.5 Å². The van der Waals surface area contributed by atoms with Crippen LogP contribution in [-0.2, 0) is 18.9 Å². The smallest absolute Gasteiger partial charge is 0.172 e. The Morgan fingerprint density at radius 1 is 1.41 bits per heavy atom. The second-order valence-electron chi connectivity index (χ2n) is 6.28. The van der Waals surface area contributed by atoms with Crippen LogP contribution in [0, 0.1) is 0 Å². The Morgan fingerprint density at radius 3 is 2.91 bits per heavy atom. The van der Waals surface area contributed by atoms with Crippen molar-refractivity contribution in [2.45, 2.75) is 29.9 Å². The largest absolute Gasteiger partial charge is 0.356 e. The maximum absolute atomic E-state index is 5.63. The van der Waals surface area contributed by atoms with Gasteiger partial charge >= 0.3 is 0 Å². The number of nitrogens with zero attached hydrogens (tertiary/aromatic N) is 3. The van der Waals surface area contributed by atoms with Crippen LogP contribution in [0.2, 0.25) is 0 Å². The molecule has 1 aliphatic carbocycles. The van der Waals surface area contributed by atoms with Gasteiger partial charge in [0.2, 0.25) is 0 Å². The van der Waals surface area contributed by atoms with Crippen molar-refractivity contribution in [3.63, 3.8) is 0 Å². The van der Waals surface area contributed by atoms with Crippen LogP contribution in [0.25, 0.3) is 21.9 Å². The van der Waals surface area contributed by atoms with Crippen LogP contribution in [0.1, 0.15) is 25.0 Å². The molecule has 0 N–H and O–H groups in total. The second kappa shape index (κ2) is 4.73. The highest BCUT2D eigenvalue weighted by atomic mass is 32.2. The number of thiophene rings is 1. The topological polar surface area (TPSA) is 43.9 Å². The van der Waals surface area contributed by atoms with Gasteiger partial charge in [-0.2, -0.15) is 5.10 Å². The maximum Gasteiger partial charge on any atom is 0.172 e. The first-order valence-corrected chi connectivity index (χ1v) is 9.20. The summed E-state index contributed by atoms with van der Waals surface area (Å²) in [7, 11) is 1.96. The molecule has 0 unspecified atom stereocenters. The Bertz CT molecular complexity index is 857. The quantitative estimate of drug-likeness (QED) is 0.655. The summed E-state index contributed by atoms with van der Waals surface area (Å²) in [6, 6.07) is 2.08. The molecule has 0 saturated carbocycles. The fourth-order valence-corrected chi connectivity index (χ4v) is 5.18. The fourth-order valence-electron chi connectivity index (χ4n) is 3.17. The van der Waals surface area contributed by atoms with Gasteiger partial charge in [-0.1, -0.05) is 19.0 Å². The number of aryl methyl sites for hydroxylation is 1. The third-order valence-corrected chi connectivity index (χ3v) is 6.63. The van der Waals surface area contributed by atoms with Crippen molar-refractivity contribution in [3.8, 4) is 21.9 Å². The first-order valence-electron chi connectivity index (χ1n) is 7.16. The van der Waals surface area contributed by atoms with Crippen LogP contribution in [0.3, 0.4) is 0 Å². The van der Waals surface area contributed by atoms with Gasteiger partial charge in [0, 0.05) is 24.4 Å². The van der Waals surface area contributed by atoms with E-state index in [2.05, 4.69) is 36.4 Å². The summed E-state index contributed by atoms with van der Waals surface area (Å²) in [4.78, 5) is 1.26. The normalized spacial score (nSPS) is 15.6. The Morgan fingerprint density at radius 2 is 2.23 bits per heavy atom. The Hall–Kier alpha value is -1.53. The lowest BCUT2D eigenvalue weighted by atomic mass is 9.73. The molecule has 3 aromatic heterocycles. The molecule has 0 atom stereocenters. The van der Waals surface area contributed by atoms with Gasteiger partial charge in [-0.15, -0.1) is 23.1 Å². The number of rotatable bonds is 2. The Labute approximate surface area is 137 Å². The van der Waals surface area contributed by atoms with E-state index in [0.717, 1.165) is 17.9 Å². The minimum Gasteiger partial charge on any atom is -0.356 e. The Kier molecular flexibility index (Phi) is 3.03. The maximum atomic E-state index is 5.63. The molecular weight excluding hydrogens is 314 g/mol. The Balaban J connectivity index is 2.01. The zero-order valence-electron chi connectivity index (χ0n) is 13.0. The standard InChI is InChI=1S/C16H17N3OS2/c1-16(2)7-9-12(13-10(16)8-17-20-13)15(21-4)22-14(9)11-5-6-19(3)18-11/h5-6,8H,7H2,1-4H3. The van der Waals surface area contributed by atoms with Gasteiger partial charge < -0.3 is 4.52 Å². The van der Waals surface area contributed by atoms with E-state index < -0.39 is 0 Å². The SMILES string of the molecule is CSc1sc(-c2ccn(C)n2)c2c1-c1oncc1C(C)(C)C2. The van der Waals surface area contributed by atoms with Crippen molar-refractivity contribution in [3.05, 3.63) is 29.6 Å². The van der Waals surface area contributed by atoms with Gasteiger partial charge in [0.15, 0.2) is 5.76 Å². The number of thioether (sulfide) groups is 1. The highest BCUT2D eigenvalue weighted by Gasteiger charge is 2.38. The molecule has 6 heteroatoms. The summed E-state index contributed by atoms with van der Waals surface area (Å²) >= 11 is 3.58. The first kappa shape index (κ1) is 14.1. The minimum absolute atomic E-state index is 0.0304. The van der Waals surface area contributed by atoms with E-state index in [1.165, 1.54) is 25.8 Å². The van der Waals surface area contributed by atoms with Gasteiger partial charge in [-0.05, 0) is 29.7 Å². The summed E-state index contributed by atoms with van der Waals surface area (Å²) in [5, 5.41) is 8.66. The number of aromatic nitrogens is 3. The van der Waals surface area contributed by atoms with Crippen molar-refractivity contribution >= 4 is 23.1 Å². The summed E-state index contributed by atoms with van der Waals surface area (Å²) in [6.07, 6.45) is 6.97. The van der Waals surface area contributed by atoms with Gasteiger partial charge in [-0.25, -0.2) is 0 Å². The molecule has 0 amide bonds. The van der Waals surface area contributed by atoms with E-state index in [1.54, 1.807) is 11.8 Å². The monoisotopic (exact) mass is 331 g/mol. The zero-order valence-corrected chi connectivity index (χ0v) is 14.6. The van der Waals surface area contributed by atoms with Crippen LogP contribution < -0.4 is 0 Å². The molecule has 114 valence electrons. The molecule has 0 bridgehead atoms. The van der Waals surface area contributed by atoms with Crippen LogP contribution >= 0.6 is 23.1 Å². The lowest BCUT2D eigenvalue weighted by Crippen LogP contribution is -2.24. The predicted octanol–water partition coefficient (Wildman–Crippen LogP) is 4.36. The molecule has 22 heavy (non-hydrogen) atoms. The lowest BCUT2D eigenvalue weighted by molar-refractivity contribution is 0.423. The van der Waals surface area contributed by atoms with Crippen LogP contribution in [-0.4, -0.2) is 21.2 Å². The highest BCUT2D eigenvalue weighted by molar-refractivity contribution is 8.00. The fraction of sp³-hybridized carbons (Fsp3) is 0.375. The average Bonchev–Trinajstić information content (AvgIpc) is 3.15. The number of fused-ring (bicyclic) bond motifs is 3. The molecule has 4 nitrogen and oxygen atoms in total. The number of hydrogen-bond acceptors (Lipinski definition) is 5. The van der Waals surface area contributed by atoms with E-state index in [4.69, 9.17) is 4.52 Å². The van der Waals surface area contributed by atoms with E-state index in [-0.39, 0.29) is 5.41 Å². The van der Waals surface area contributed by atoms with E-state index in [9.17, 15) is 0 Å². The van der Waals surface area contributed by atoms with Crippen LogP contribution in [0.15, 0.2) is 27.2 Å². The molecule has 0 aromatic carbocycles. The van der Waals surface area contributed by atoms with Crippen molar-refractivity contribution < 1.29 is 4.52 Å². The lowest BCUT2D eigenvalue weighted by Gasteiger charge is -2.29. The molecule has 0 radical (unpaired) electrons. The van der Waals surface area contributed by atoms with Crippen LogP contribution in [0.4, 0.5) is 0 Å². The van der Waals surface area contributed by atoms with Crippen molar-refractivity contribution in [1.82, 2.24) is 14.9 Å². The predicted molar refractivity (Wildman–Crippen MR) is 90.5 cm³/mol. The van der Waals surface area contributed by atoms with Gasteiger partial charge in [0.05, 0.1) is 15.3 Å². The molecule has 1 aliphatic rings. The summed E-state index contributed by atoms with van der Waals surface area (Å²) < 4.78 is 8.77. The van der Waals surface area contributed by atoms with Crippen molar-refractivity contribution in [1.29, 1.82) is 0 Å². The zero-order chi connectivity index (χ0) is 15.5. The molecule has 0 fully saturated rings. The molecule has 3 heterocycles. The first-order chi connectivity index (χ1) is 10.5. The summed E-state index contributed by atoms with van der Waals surface area (Å²) in [6.45, 7) is 4.51. The third kappa shape index (κ3) is 1.90. The molecule has 0 aliphatic heterocycles. The molecule has 4 rings (SSSR count). The molecule has 3 aromatic rings. The van der Waals surface area contributed by atoms with Gasteiger partial charge in [0.25, 0.3) is 0 Å². The summed E-state index contributed by atoms with van der Waals surface area (Å²) in [5.74, 6) is 0.939. The van der Waals surface area contributed by atoms with Gasteiger partial charge in [-0.3, -0.25) is 4.68 Å². The minimum atomic E-state index is 0.0304. The molecule has 0 spiro atoms. The van der Waals surface area contributed by atoms with Crippen molar-refractivity contribution in [2.24, 2.45) is 7.05 Å². The molecule has 0 saturated heterocycles. The van der Waals surface area contributed by atoms with Gasteiger partial charge in [0.1, 0.15) is 5.69 Å². The van der Waals surface area contributed by atoms with E-state index in [0.29, 0.717) is 0 Å². The third-order valence-electron chi connectivity index (χ3n) is 4.25. The molecular formula is C16H17N3OS2. The highest BCUT2D eigenvalue weighted by Crippen LogP contribution is 2.53. The average molecular weight is 331 g/mol. The second-order valence-corrected chi connectivity index (χ2v) is 8.38.